The number of benzene rings is 2. The molecule has 2 aromatic rings. The van der Waals surface area contributed by atoms with Crippen LogP contribution >= 0.6 is 0 Å². The predicted molar refractivity (Wildman–Crippen MR) is 66.9 cm³/mol. The second-order valence-corrected chi connectivity index (χ2v) is 3.52. The minimum Gasteiger partial charge on any atom is -0.364 e. The van der Waals surface area contributed by atoms with Gasteiger partial charge in [-0.25, -0.2) is 0 Å². The maximum atomic E-state index is 5.24. The number of nitrogens with zero attached hydrogens (tertiary/aromatic N) is 1. The first-order valence-electron chi connectivity index (χ1n) is 5.28. The van der Waals surface area contributed by atoms with Gasteiger partial charge in [-0.3, -0.25) is 0 Å². The number of ether oxygens (including phenoxy) is 1. The van der Waals surface area contributed by atoms with E-state index in [-0.39, 0.29) is 0 Å². The molecule has 0 unspecified atom stereocenters. The summed E-state index contributed by atoms with van der Waals surface area (Å²) in [5, 5.41) is 0. The molecule has 2 rings (SSSR count). The quantitative estimate of drug-likeness (QED) is 0.721. The Hall–Kier alpha value is -1.80. The van der Waals surface area contributed by atoms with Crippen LogP contribution in [0.2, 0.25) is 0 Å². The molecule has 0 aliphatic carbocycles. The van der Waals surface area contributed by atoms with E-state index in [9.17, 15) is 0 Å². The molecule has 0 saturated heterocycles. The summed E-state index contributed by atoms with van der Waals surface area (Å²) in [5.74, 6) is 0. The van der Waals surface area contributed by atoms with Gasteiger partial charge in [-0.1, -0.05) is 36.4 Å². The maximum Gasteiger partial charge on any atom is 0.123 e. The average molecular weight is 213 g/mol. The molecule has 0 radical (unpaired) electrons. The zero-order valence-corrected chi connectivity index (χ0v) is 9.34. The number of hydrogen-bond acceptors (Lipinski definition) is 2. The van der Waals surface area contributed by atoms with Crippen LogP contribution in [0.4, 0.5) is 11.4 Å². The van der Waals surface area contributed by atoms with Crippen LogP contribution in [0.5, 0.6) is 0 Å². The molecule has 0 aliphatic heterocycles. The molecule has 0 saturated carbocycles. The Morgan fingerprint density at radius 1 is 0.812 bits per heavy atom. The molecule has 0 aliphatic rings. The average Bonchev–Trinajstić information content (AvgIpc) is 2.38. The number of rotatable bonds is 4. The SMILES string of the molecule is COCN(c1ccccc1)c1ccccc1. The highest BCUT2D eigenvalue weighted by Crippen LogP contribution is 2.24. The standard InChI is InChI=1S/C14H15NO/c1-16-12-15(13-8-4-2-5-9-13)14-10-6-3-7-11-14/h2-11H,12H2,1H3. The second-order valence-electron chi connectivity index (χ2n) is 3.52. The van der Waals surface area contributed by atoms with Crippen molar-refractivity contribution in [2.24, 2.45) is 0 Å². The Kier molecular flexibility index (Phi) is 3.57. The third-order valence-corrected chi connectivity index (χ3v) is 2.39. The third-order valence-electron chi connectivity index (χ3n) is 2.39. The van der Waals surface area contributed by atoms with Crippen LogP contribution in [0.15, 0.2) is 60.7 Å². The minimum absolute atomic E-state index is 0.550. The van der Waals surface area contributed by atoms with Crippen molar-refractivity contribution in [2.75, 3.05) is 18.7 Å². The monoisotopic (exact) mass is 213 g/mol. The molecule has 0 bridgehead atoms. The zero-order valence-electron chi connectivity index (χ0n) is 9.34. The third kappa shape index (κ3) is 2.41. The summed E-state index contributed by atoms with van der Waals surface area (Å²) < 4.78 is 5.24. The van der Waals surface area contributed by atoms with Crippen LogP contribution in [0.3, 0.4) is 0 Å². The summed E-state index contributed by atoms with van der Waals surface area (Å²) in [6.45, 7) is 0.550. The number of hydrogen-bond donors (Lipinski definition) is 0. The van der Waals surface area contributed by atoms with Crippen LogP contribution in [-0.4, -0.2) is 13.8 Å². The van der Waals surface area contributed by atoms with Crippen molar-refractivity contribution < 1.29 is 4.74 Å². The minimum atomic E-state index is 0.550. The largest absolute Gasteiger partial charge is 0.364 e. The summed E-state index contributed by atoms with van der Waals surface area (Å²) in [4.78, 5) is 2.12. The Balaban J connectivity index is 2.31. The first kappa shape index (κ1) is 10.7. The van der Waals surface area contributed by atoms with E-state index in [0.717, 1.165) is 11.4 Å². The summed E-state index contributed by atoms with van der Waals surface area (Å²) in [6.07, 6.45) is 0. The normalized spacial score (nSPS) is 10.1. The van der Waals surface area contributed by atoms with Crippen molar-refractivity contribution in [3.8, 4) is 0 Å². The zero-order chi connectivity index (χ0) is 11.2. The van der Waals surface area contributed by atoms with Crippen molar-refractivity contribution in [3.05, 3.63) is 60.7 Å². The number of para-hydroxylation sites is 2. The molecule has 82 valence electrons. The first-order valence-corrected chi connectivity index (χ1v) is 5.28. The lowest BCUT2D eigenvalue weighted by Crippen LogP contribution is -2.19. The van der Waals surface area contributed by atoms with E-state index in [1.807, 2.05) is 36.4 Å². The lowest BCUT2D eigenvalue weighted by Gasteiger charge is -2.23. The fraction of sp³-hybridized carbons (Fsp3) is 0.143. The van der Waals surface area contributed by atoms with Gasteiger partial charge in [0, 0.05) is 18.5 Å². The highest BCUT2D eigenvalue weighted by atomic mass is 16.5. The summed E-state index contributed by atoms with van der Waals surface area (Å²) in [6, 6.07) is 20.4. The highest BCUT2D eigenvalue weighted by Gasteiger charge is 2.06. The van der Waals surface area contributed by atoms with Crippen molar-refractivity contribution in [1.82, 2.24) is 0 Å². The molecule has 2 aromatic carbocycles. The van der Waals surface area contributed by atoms with E-state index in [4.69, 9.17) is 4.74 Å². The van der Waals surface area contributed by atoms with E-state index in [2.05, 4.69) is 29.2 Å². The molecule has 0 amide bonds. The van der Waals surface area contributed by atoms with Gasteiger partial charge in [-0.15, -0.1) is 0 Å². The molecule has 0 N–H and O–H groups in total. The fourth-order valence-corrected chi connectivity index (χ4v) is 1.64. The lowest BCUT2D eigenvalue weighted by molar-refractivity contribution is 0.206. The van der Waals surface area contributed by atoms with Gasteiger partial charge < -0.3 is 9.64 Å². The van der Waals surface area contributed by atoms with E-state index in [1.54, 1.807) is 7.11 Å². The van der Waals surface area contributed by atoms with Gasteiger partial charge in [0.25, 0.3) is 0 Å². The fourth-order valence-electron chi connectivity index (χ4n) is 1.64. The van der Waals surface area contributed by atoms with E-state index in [0.29, 0.717) is 6.73 Å². The smallest absolute Gasteiger partial charge is 0.123 e. The molecule has 0 spiro atoms. The van der Waals surface area contributed by atoms with E-state index in [1.165, 1.54) is 0 Å². The summed E-state index contributed by atoms with van der Waals surface area (Å²) in [5.41, 5.74) is 2.27. The van der Waals surface area contributed by atoms with Gasteiger partial charge in [-0.05, 0) is 24.3 Å². The van der Waals surface area contributed by atoms with Crippen molar-refractivity contribution in [2.45, 2.75) is 0 Å². The molecule has 0 heterocycles. The predicted octanol–water partition coefficient (Wildman–Crippen LogP) is 3.43. The van der Waals surface area contributed by atoms with Gasteiger partial charge in [-0.2, -0.15) is 0 Å². The Morgan fingerprint density at radius 2 is 1.25 bits per heavy atom. The molecular formula is C14H15NO. The molecule has 0 atom stereocenters. The van der Waals surface area contributed by atoms with Gasteiger partial charge in [0.05, 0.1) is 0 Å². The molecule has 0 fully saturated rings. The van der Waals surface area contributed by atoms with Crippen LogP contribution in [0.1, 0.15) is 0 Å². The molecule has 2 nitrogen and oxygen atoms in total. The van der Waals surface area contributed by atoms with Crippen molar-refractivity contribution >= 4 is 11.4 Å². The summed E-state index contributed by atoms with van der Waals surface area (Å²) >= 11 is 0. The van der Waals surface area contributed by atoms with Crippen LogP contribution in [0, 0.1) is 0 Å². The van der Waals surface area contributed by atoms with Crippen LogP contribution in [-0.2, 0) is 4.74 Å². The molecule has 16 heavy (non-hydrogen) atoms. The van der Waals surface area contributed by atoms with E-state index < -0.39 is 0 Å². The number of methoxy groups -OCH3 is 1. The number of anilines is 2. The second kappa shape index (κ2) is 5.33. The van der Waals surface area contributed by atoms with Gasteiger partial charge in [0.1, 0.15) is 6.73 Å². The van der Waals surface area contributed by atoms with Gasteiger partial charge in [0.15, 0.2) is 0 Å². The summed E-state index contributed by atoms with van der Waals surface area (Å²) in [7, 11) is 1.71. The van der Waals surface area contributed by atoms with Crippen molar-refractivity contribution in [1.29, 1.82) is 0 Å². The maximum absolute atomic E-state index is 5.24. The topological polar surface area (TPSA) is 12.5 Å². The van der Waals surface area contributed by atoms with Crippen molar-refractivity contribution in [3.63, 3.8) is 0 Å². The van der Waals surface area contributed by atoms with Crippen LogP contribution < -0.4 is 4.90 Å². The Morgan fingerprint density at radius 3 is 1.62 bits per heavy atom. The highest BCUT2D eigenvalue weighted by molar-refractivity contribution is 5.62. The Bertz CT molecular complexity index is 374. The van der Waals surface area contributed by atoms with E-state index >= 15 is 0 Å². The molecule has 2 heteroatoms. The first-order chi connectivity index (χ1) is 7.92. The molecular weight excluding hydrogens is 198 g/mol. The van der Waals surface area contributed by atoms with Gasteiger partial charge in [0.2, 0.25) is 0 Å². The lowest BCUT2D eigenvalue weighted by atomic mass is 10.2. The van der Waals surface area contributed by atoms with Gasteiger partial charge >= 0.3 is 0 Å². The Labute approximate surface area is 96.1 Å². The molecule has 0 aromatic heterocycles. The van der Waals surface area contributed by atoms with Crippen LogP contribution in [0.25, 0.3) is 0 Å².